The number of hydrogen-bond acceptors (Lipinski definition) is 4. The third-order valence-corrected chi connectivity index (χ3v) is 5.01. The molecule has 0 amide bonds. The van der Waals surface area contributed by atoms with Gasteiger partial charge in [0.1, 0.15) is 5.75 Å². The van der Waals surface area contributed by atoms with E-state index in [4.69, 9.17) is 9.47 Å². The molecular formula is C18H24O4. The quantitative estimate of drug-likeness (QED) is 0.850. The second kappa shape index (κ2) is 6.39. The van der Waals surface area contributed by atoms with Crippen molar-refractivity contribution in [2.75, 3.05) is 20.3 Å². The topological polar surface area (TPSA) is 55.8 Å². The molecule has 0 aromatic heterocycles. The van der Waals surface area contributed by atoms with Crippen molar-refractivity contribution >= 4 is 5.78 Å². The van der Waals surface area contributed by atoms with Gasteiger partial charge in [0.15, 0.2) is 5.78 Å². The number of ketones is 1. The van der Waals surface area contributed by atoms with Gasteiger partial charge < -0.3 is 14.6 Å². The van der Waals surface area contributed by atoms with Crippen LogP contribution >= 0.6 is 0 Å². The summed E-state index contributed by atoms with van der Waals surface area (Å²) in [6.07, 6.45) is 4.49. The van der Waals surface area contributed by atoms with Crippen molar-refractivity contribution in [3.8, 4) is 5.75 Å². The number of hydrogen-bond donors (Lipinski definition) is 1. The first-order chi connectivity index (χ1) is 10.6. The molecule has 1 aromatic carbocycles. The van der Waals surface area contributed by atoms with Crippen molar-refractivity contribution in [1.82, 2.24) is 0 Å². The number of fused-ring (bicyclic) bond motifs is 1. The lowest BCUT2D eigenvalue weighted by atomic mass is 9.70. The van der Waals surface area contributed by atoms with Crippen molar-refractivity contribution in [1.29, 1.82) is 0 Å². The number of carbonyl (C=O) groups excluding carboxylic acids is 1. The third-order valence-electron chi connectivity index (χ3n) is 5.01. The maximum absolute atomic E-state index is 12.9. The van der Waals surface area contributed by atoms with Gasteiger partial charge in [0.25, 0.3) is 0 Å². The van der Waals surface area contributed by atoms with Gasteiger partial charge in [-0.2, -0.15) is 0 Å². The van der Waals surface area contributed by atoms with E-state index in [1.807, 2.05) is 18.2 Å². The van der Waals surface area contributed by atoms with Gasteiger partial charge >= 0.3 is 0 Å². The minimum Gasteiger partial charge on any atom is -0.493 e. The number of ether oxygens (including phenoxy) is 2. The molecule has 2 aliphatic carbocycles. The zero-order valence-electron chi connectivity index (χ0n) is 13.1. The van der Waals surface area contributed by atoms with Crippen LogP contribution in [0.5, 0.6) is 5.75 Å². The van der Waals surface area contributed by atoms with Crippen molar-refractivity contribution in [3.63, 3.8) is 0 Å². The fourth-order valence-corrected chi connectivity index (χ4v) is 3.69. The largest absolute Gasteiger partial charge is 0.493 e. The van der Waals surface area contributed by atoms with Crippen LogP contribution in [0.25, 0.3) is 0 Å². The van der Waals surface area contributed by atoms with E-state index in [-0.39, 0.29) is 17.3 Å². The van der Waals surface area contributed by atoms with Crippen molar-refractivity contribution in [2.24, 2.45) is 5.41 Å². The van der Waals surface area contributed by atoms with Gasteiger partial charge in [-0.1, -0.05) is 6.07 Å². The second-order valence-electron chi connectivity index (χ2n) is 6.53. The fourth-order valence-electron chi connectivity index (χ4n) is 3.69. The van der Waals surface area contributed by atoms with Crippen LogP contribution in [0.4, 0.5) is 0 Å². The molecule has 3 rings (SSSR count). The van der Waals surface area contributed by atoms with E-state index in [9.17, 15) is 9.90 Å². The molecule has 4 heteroatoms. The Labute approximate surface area is 131 Å². The Bertz CT molecular complexity index is 544. The normalized spacial score (nSPS) is 27.2. The lowest BCUT2D eigenvalue weighted by Crippen LogP contribution is -2.34. The molecule has 22 heavy (non-hydrogen) atoms. The molecule has 1 saturated carbocycles. The van der Waals surface area contributed by atoms with Crippen LogP contribution in [0, 0.1) is 5.41 Å². The lowest BCUT2D eigenvalue weighted by molar-refractivity contribution is 0.0513. The van der Waals surface area contributed by atoms with E-state index < -0.39 is 0 Å². The summed E-state index contributed by atoms with van der Waals surface area (Å²) in [7, 11) is 1.68. The molecule has 0 atom stereocenters. The maximum Gasteiger partial charge on any atom is 0.169 e. The molecule has 120 valence electrons. The predicted molar refractivity (Wildman–Crippen MR) is 83.4 cm³/mol. The first-order valence-electron chi connectivity index (χ1n) is 8.12. The monoisotopic (exact) mass is 304 g/mol. The summed E-state index contributed by atoms with van der Waals surface area (Å²) in [6, 6.07) is 5.87. The zero-order chi connectivity index (χ0) is 15.6. The Morgan fingerprint density at radius 1 is 1.27 bits per heavy atom. The highest BCUT2D eigenvalue weighted by atomic mass is 16.5. The molecule has 0 bridgehead atoms. The van der Waals surface area contributed by atoms with E-state index in [2.05, 4.69) is 0 Å². The smallest absolute Gasteiger partial charge is 0.169 e. The van der Waals surface area contributed by atoms with Crippen LogP contribution in [-0.2, 0) is 11.2 Å². The van der Waals surface area contributed by atoms with Gasteiger partial charge in [-0.05, 0) is 49.8 Å². The van der Waals surface area contributed by atoms with E-state index in [0.717, 1.165) is 55.4 Å². The first-order valence-corrected chi connectivity index (χ1v) is 8.12. The predicted octanol–water partition coefficient (Wildman–Crippen LogP) is 2.76. The van der Waals surface area contributed by atoms with Gasteiger partial charge in [-0.3, -0.25) is 4.79 Å². The molecule has 0 saturated heterocycles. The summed E-state index contributed by atoms with van der Waals surface area (Å²) in [5.74, 6) is 1.01. The Hall–Kier alpha value is -1.39. The fraction of sp³-hybridized carbons (Fsp3) is 0.611. The van der Waals surface area contributed by atoms with Crippen LogP contribution in [0.15, 0.2) is 18.2 Å². The number of Topliss-reactive ketones (excluding diaryl/α,β-unsaturated/α-hetero) is 1. The Morgan fingerprint density at radius 2 is 2.05 bits per heavy atom. The van der Waals surface area contributed by atoms with Gasteiger partial charge in [0.2, 0.25) is 0 Å². The Morgan fingerprint density at radius 3 is 2.77 bits per heavy atom. The third kappa shape index (κ3) is 2.90. The highest BCUT2D eigenvalue weighted by Crippen LogP contribution is 2.47. The average molecular weight is 304 g/mol. The van der Waals surface area contributed by atoms with Crippen molar-refractivity contribution < 1.29 is 19.4 Å². The number of benzene rings is 1. The summed E-state index contributed by atoms with van der Waals surface area (Å²) in [4.78, 5) is 12.9. The van der Waals surface area contributed by atoms with E-state index in [1.54, 1.807) is 7.11 Å². The molecule has 0 unspecified atom stereocenters. The summed E-state index contributed by atoms with van der Waals surface area (Å²) in [5, 5.41) is 9.70. The molecule has 0 aliphatic heterocycles. The number of methoxy groups -OCH3 is 1. The Balaban J connectivity index is 1.70. The van der Waals surface area contributed by atoms with E-state index >= 15 is 0 Å². The summed E-state index contributed by atoms with van der Waals surface area (Å²) in [6.45, 7) is 1.27. The van der Waals surface area contributed by atoms with E-state index in [0.29, 0.717) is 13.2 Å². The maximum atomic E-state index is 12.9. The number of carbonyl (C=O) groups is 1. The molecular weight excluding hydrogens is 280 g/mol. The molecule has 1 N–H and O–H groups in total. The van der Waals surface area contributed by atoms with E-state index in [1.165, 1.54) is 0 Å². The molecule has 2 aliphatic rings. The minimum absolute atomic E-state index is 0.234. The van der Waals surface area contributed by atoms with Crippen molar-refractivity contribution in [3.05, 3.63) is 29.3 Å². The number of rotatable bonds is 5. The molecule has 1 spiro atoms. The lowest BCUT2D eigenvalue weighted by Gasteiger charge is -2.33. The zero-order valence-corrected chi connectivity index (χ0v) is 13.1. The SMILES string of the molecule is COCCCOc1ccc2c(c1)C(=O)C1(CCC(O)CC1)C2. The van der Waals surface area contributed by atoms with Crippen LogP contribution < -0.4 is 4.74 Å². The first kappa shape index (κ1) is 15.5. The van der Waals surface area contributed by atoms with Gasteiger partial charge in [-0.15, -0.1) is 0 Å². The van der Waals surface area contributed by atoms with Gasteiger partial charge in [-0.25, -0.2) is 0 Å². The van der Waals surface area contributed by atoms with Crippen LogP contribution in [0.3, 0.4) is 0 Å². The standard InChI is InChI=1S/C18H24O4/c1-21-9-2-10-22-15-4-3-13-12-18(17(20)16(13)11-15)7-5-14(19)6-8-18/h3-4,11,14,19H,2,5-10,12H2,1H3. The number of aliphatic hydroxyl groups is 1. The molecule has 0 heterocycles. The summed E-state index contributed by atoms with van der Waals surface area (Å²) >= 11 is 0. The van der Waals surface area contributed by atoms with Crippen LogP contribution in [0.1, 0.15) is 48.0 Å². The number of aliphatic hydroxyl groups excluding tert-OH is 1. The molecule has 1 fully saturated rings. The van der Waals surface area contributed by atoms with Gasteiger partial charge in [0, 0.05) is 31.1 Å². The molecule has 0 radical (unpaired) electrons. The Kier molecular flexibility index (Phi) is 4.50. The van der Waals surface area contributed by atoms with Crippen molar-refractivity contribution in [2.45, 2.75) is 44.6 Å². The highest BCUT2D eigenvalue weighted by molar-refractivity contribution is 6.05. The molecule has 1 aromatic rings. The molecule has 4 nitrogen and oxygen atoms in total. The minimum atomic E-state index is -0.268. The van der Waals surface area contributed by atoms with Crippen LogP contribution in [-0.4, -0.2) is 37.3 Å². The summed E-state index contributed by atoms with van der Waals surface area (Å²) in [5.41, 5.74) is 1.68. The summed E-state index contributed by atoms with van der Waals surface area (Å²) < 4.78 is 10.7. The second-order valence-corrected chi connectivity index (χ2v) is 6.53. The highest BCUT2D eigenvalue weighted by Gasteiger charge is 2.47. The van der Waals surface area contributed by atoms with Crippen LogP contribution in [0.2, 0.25) is 0 Å². The average Bonchev–Trinajstić information content (AvgIpc) is 2.80. The van der Waals surface area contributed by atoms with Gasteiger partial charge in [0.05, 0.1) is 12.7 Å².